The second-order valence-corrected chi connectivity index (χ2v) is 4.71. The molecule has 0 atom stereocenters. The minimum atomic E-state index is -0.252. The second-order valence-electron chi connectivity index (χ2n) is 4.71. The number of halogens is 1. The third kappa shape index (κ3) is 3.55. The maximum absolute atomic E-state index is 13.3. The molecule has 1 N–H and O–H groups in total. The molecule has 0 saturated carbocycles. The molecule has 2 aromatic carbocycles. The van der Waals surface area contributed by atoms with Crippen molar-refractivity contribution in [2.45, 2.75) is 20.4 Å². The van der Waals surface area contributed by atoms with E-state index >= 15 is 0 Å². The van der Waals surface area contributed by atoms with Crippen LogP contribution in [0.4, 0.5) is 4.39 Å². The Morgan fingerprint density at radius 1 is 1.05 bits per heavy atom. The van der Waals surface area contributed by atoms with Gasteiger partial charge in [-0.2, -0.15) is 0 Å². The van der Waals surface area contributed by atoms with Crippen LogP contribution < -0.4 is 10.1 Å². The van der Waals surface area contributed by atoms with Gasteiger partial charge >= 0.3 is 0 Å². The molecule has 0 amide bonds. The highest BCUT2D eigenvalue weighted by molar-refractivity contribution is 5.40. The quantitative estimate of drug-likeness (QED) is 0.897. The van der Waals surface area contributed by atoms with Crippen molar-refractivity contribution in [1.82, 2.24) is 5.32 Å². The summed E-state index contributed by atoms with van der Waals surface area (Å²) in [5.74, 6) is 1.21. The topological polar surface area (TPSA) is 21.3 Å². The van der Waals surface area contributed by atoms with E-state index in [1.54, 1.807) is 6.07 Å². The summed E-state index contributed by atoms with van der Waals surface area (Å²) in [5, 5.41) is 3.01. The molecular formula is C16H18FNO. The number of hydrogen-bond donors (Lipinski definition) is 1. The number of benzene rings is 2. The molecule has 2 rings (SSSR count). The zero-order chi connectivity index (χ0) is 13.8. The Labute approximate surface area is 113 Å². The van der Waals surface area contributed by atoms with E-state index in [0.29, 0.717) is 12.3 Å². The van der Waals surface area contributed by atoms with Gasteiger partial charge in [0.2, 0.25) is 0 Å². The van der Waals surface area contributed by atoms with Crippen LogP contribution in [-0.4, -0.2) is 7.05 Å². The maximum Gasteiger partial charge on any atom is 0.132 e. The number of nitrogens with one attached hydrogen (secondary N) is 1. The Balaban J connectivity index is 2.31. The number of aryl methyl sites for hydroxylation is 2. The van der Waals surface area contributed by atoms with Crippen LogP contribution in [0.15, 0.2) is 36.4 Å². The molecule has 0 bridgehead atoms. The molecule has 0 aliphatic carbocycles. The summed E-state index contributed by atoms with van der Waals surface area (Å²) in [6, 6.07) is 10.6. The van der Waals surface area contributed by atoms with Crippen molar-refractivity contribution in [2.24, 2.45) is 0 Å². The highest BCUT2D eigenvalue weighted by atomic mass is 19.1. The van der Waals surface area contributed by atoms with E-state index in [9.17, 15) is 4.39 Å². The summed E-state index contributed by atoms with van der Waals surface area (Å²) in [5.41, 5.74) is 3.10. The third-order valence-electron chi connectivity index (χ3n) is 2.81. The molecule has 0 fully saturated rings. The lowest BCUT2D eigenvalue weighted by molar-refractivity contribution is 0.471. The lowest BCUT2D eigenvalue weighted by atomic mass is 10.1. The minimum absolute atomic E-state index is 0.252. The average molecular weight is 259 g/mol. The number of rotatable bonds is 4. The van der Waals surface area contributed by atoms with Crippen LogP contribution in [0.2, 0.25) is 0 Å². The first-order chi connectivity index (χ1) is 9.08. The predicted octanol–water partition coefficient (Wildman–Crippen LogP) is 3.95. The van der Waals surface area contributed by atoms with Crippen LogP contribution >= 0.6 is 0 Å². The van der Waals surface area contributed by atoms with Crippen molar-refractivity contribution in [2.75, 3.05) is 7.05 Å². The van der Waals surface area contributed by atoms with Gasteiger partial charge < -0.3 is 10.1 Å². The number of hydrogen-bond acceptors (Lipinski definition) is 2. The van der Waals surface area contributed by atoms with E-state index < -0.39 is 0 Å². The maximum atomic E-state index is 13.3. The molecular weight excluding hydrogens is 241 g/mol. The molecule has 3 heteroatoms. The Morgan fingerprint density at radius 2 is 1.74 bits per heavy atom. The van der Waals surface area contributed by atoms with Crippen molar-refractivity contribution in [3.05, 3.63) is 58.9 Å². The normalized spacial score (nSPS) is 10.5. The van der Waals surface area contributed by atoms with Crippen molar-refractivity contribution < 1.29 is 9.13 Å². The Bertz CT molecular complexity index is 561. The first-order valence-electron chi connectivity index (χ1n) is 6.27. The predicted molar refractivity (Wildman–Crippen MR) is 75.2 cm³/mol. The fourth-order valence-corrected chi connectivity index (χ4v) is 2.09. The summed E-state index contributed by atoms with van der Waals surface area (Å²) < 4.78 is 19.1. The van der Waals surface area contributed by atoms with Gasteiger partial charge in [0.15, 0.2) is 0 Å². The van der Waals surface area contributed by atoms with Crippen molar-refractivity contribution in [1.29, 1.82) is 0 Å². The van der Waals surface area contributed by atoms with E-state index in [1.807, 2.05) is 33.0 Å². The van der Waals surface area contributed by atoms with Crippen LogP contribution in [-0.2, 0) is 6.54 Å². The molecule has 0 unspecified atom stereocenters. The van der Waals surface area contributed by atoms with Crippen molar-refractivity contribution in [3.8, 4) is 11.5 Å². The standard InChI is InChI=1S/C16H18FNO/c1-11-6-12(2)8-15(7-11)19-16-5-4-14(17)9-13(16)10-18-3/h4-9,18H,10H2,1-3H3. The van der Waals surface area contributed by atoms with Gasteiger partial charge in [0.05, 0.1) is 0 Å². The Hall–Kier alpha value is -1.87. The molecule has 0 saturated heterocycles. The molecule has 0 heterocycles. The lowest BCUT2D eigenvalue weighted by Crippen LogP contribution is -2.06. The van der Waals surface area contributed by atoms with Crippen molar-refractivity contribution >= 4 is 0 Å². The van der Waals surface area contributed by atoms with E-state index in [4.69, 9.17) is 4.74 Å². The fraction of sp³-hybridized carbons (Fsp3) is 0.250. The van der Waals surface area contributed by atoms with Gasteiger partial charge in [0.25, 0.3) is 0 Å². The molecule has 0 spiro atoms. The minimum Gasteiger partial charge on any atom is -0.457 e. The zero-order valence-electron chi connectivity index (χ0n) is 11.5. The molecule has 2 nitrogen and oxygen atoms in total. The largest absolute Gasteiger partial charge is 0.457 e. The van der Waals surface area contributed by atoms with Crippen LogP contribution in [0, 0.1) is 19.7 Å². The summed E-state index contributed by atoms with van der Waals surface area (Å²) in [7, 11) is 1.82. The first kappa shape index (κ1) is 13.6. The third-order valence-corrected chi connectivity index (χ3v) is 2.81. The smallest absolute Gasteiger partial charge is 0.132 e. The van der Waals surface area contributed by atoms with Crippen LogP contribution in [0.3, 0.4) is 0 Å². The van der Waals surface area contributed by atoms with Gasteiger partial charge in [-0.05, 0) is 62.4 Å². The summed E-state index contributed by atoms with van der Waals surface area (Å²) in [6.45, 7) is 4.62. The van der Waals surface area contributed by atoms with Gasteiger partial charge in [-0.1, -0.05) is 6.07 Å². The Morgan fingerprint density at radius 3 is 2.37 bits per heavy atom. The molecule has 19 heavy (non-hydrogen) atoms. The number of ether oxygens (including phenoxy) is 1. The molecule has 2 aromatic rings. The molecule has 100 valence electrons. The highest BCUT2D eigenvalue weighted by Gasteiger charge is 2.07. The van der Waals surface area contributed by atoms with Gasteiger partial charge in [0, 0.05) is 12.1 Å². The lowest BCUT2D eigenvalue weighted by Gasteiger charge is -2.12. The molecule has 0 aliphatic heterocycles. The van der Waals surface area contributed by atoms with Gasteiger partial charge in [-0.25, -0.2) is 4.39 Å². The first-order valence-corrected chi connectivity index (χ1v) is 6.27. The Kier molecular flexibility index (Phi) is 4.17. The van der Waals surface area contributed by atoms with Crippen LogP contribution in [0.1, 0.15) is 16.7 Å². The highest BCUT2D eigenvalue weighted by Crippen LogP contribution is 2.27. The van der Waals surface area contributed by atoms with E-state index in [0.717, 1.165) is 22.4 Å². The molecule has 0 aliphatic rings. The van der Waals surface area contributed by atoms with Gasteiger partial charge in [-0.3, -0.25) is 0 Å². The van der Waals surface area contributed by atoms with Crippen LogP contribution in [0.5, 0.6) is 11.5 Å². The van der Waals surface area contributed by atoms with Gasteiger partial charge in [0.1, 0.15) is 17.3 Å². The van der Waals surface area contributed by atoms with Crippen LogP contribution in [0.25, 0.3) is 0 Å². The van der Waals surface area contributed by atoms with E-state index in [1.165, 1.54) is 12.1 Å². The SMILES string of the molecule is CNCc1cc(F)ccc1Oc1cc(C)cc(C)c1. The average Bonchev–Trinajstić information content (AvgIpc) is 2.32. The van der Waals surface area contributed by atoms with Gasteiger partial charge in [-0.15, -0.1) is 0 Å². The molecule has 0 radical (unpaired) electrons. The monoisotopic (exact) mass is 259 g/mol. The van der Waals surface area contributed by atoms with E-state index in [-0.39, 0.29) is 5.82 Å². The zero-order valence-corrected chi connectivity index (χ0v) is 11.5. The van der Waals surface area contributed by atoms with Crippen molar-refractivity contribution in [3.63, 3.8) is 0 Å². The van der Waals surface area contributed by atoms with E-state index in [2.05, 4.69) is 11.4 Å². The molecule has 0 aromatic heterocycles. The second kappa shape index (κ2) is 5.85. The fourth-order valence-electron chi connectivity index (χ4n) is 2.09. The summed E-state index contributed by atoms with van der Waals surface area (Å²) in [6.07, 6.45) is 0. The summed E-state index contributed by atoms with van der Waals surface area (Å²) in [4.78, 5) is 0. The summed E-state index contributed by atoms with van der Waals surface area (Å²) >= 11 is 0.